The number of esters is 1. The fourth-order valence-corrected chi connectivity index (χ4v) is 2.70. The normalized spacial score (nSPS) is 17.7. The molecule has 0 radical (unpaired) electrons. The van der Waals surface area contributed by atoms with Crippen LogP contribution in [-0.2, 0) is 14.3 Å². The molecule has 0 aromatic heterocycles. The Labute approximate surface area is 153 Å². The molecule has 1 aliphatic carbocycles. The Morgan fingerprint density at radius 2 is 1.59 bits per heavy atom. The molecule has 1 aliphatic rings. The van der Waals surface area contributed by atoms with E-state index in [2.05, 4.69) is 15.4 Å². The maximum atomic E-state index is 13.6. The molecule has 2 amide bonds. The van der Waals surface area contributed by atoms with E-state index in [1.165, 1.54) is 13.2 Å². The number of nitrogens with one attached hydrogen (secondary N) is 2. The number of benzene rings is 2. The van der Waals surface area contributed by atoms with E-state index < -0.39 is 41.3 Å². The van der Waals surface area contributed by atoms with Crippen molar-refractivity contribution in [1.82, 2.24) is 0 Å². The minimum Gasteiger partial charge on any atom is -0.465 e. The van der Waals surface area contributed by atoms with Crippen LogP contribution in [0.1, 0.15) is 16.8 Å². The smallest absolute Gasteiger partial charge is 0.339 e. The fourth-order valence-electron chi connectivity index (χ4n) is 2.70. The molecular formula is C19H16F2N2O4. The van der Waals surface area contributed by atoms with E-state index in [1.54, 1.807) is 18.2 Å². The monoisotopic (exact) mass is 374 g/mol. The summed E-state index contributed by atoms with van der Waals surface area (Å²) in [6, 6.07) is 9.15. The van der Waals surface area contributed by atoms with Crippen molar-refractivity contribution >= 4 is 29.2 Å². The van der Waals surface area contributed by atoms with Crippen molar-refractivity contribution in [3.63, 3.8) is 0 Å². The highest BCUT2D eigenvalue weighted by molar-refractivity contribution is 6.06. The van der Waals surface area contributed by atoms with Crippen LogP contribution >= 0.6 is 0 Å². The minimum absolute atomic E-state index is 0.150. The zero-order chi connectivity index (χ0) is 19.6. The van der Waals surface area contributed by atoms with Crippen LogP contribution in [0.4, 0.5) is 20.2 Å². The van der Waals surface area contributed by atoms with Crippen LogP contribution in [0.2, 0.25) is 0 Å². The van der Waals surface area contributed by atoms with Gasteiger partial charge >= 0.3 is 5.97 Å². The first-order valence-corrected chi connectivity index (χ1v) is 8.15. The Morgan fingerprint density at radius 3 is 2.22 bits per heavy atom. The topological polar surface area (TPSA) is 84.5 Å². The lowest BCUT2D eigenvalue weighted by Crippen LogP contribution is -2.22. The van der Waals surface area contributed by atoms with E-state index in [-0.39, 0.29) is 16.9 Å². The van der Waals surface area contributed by atoms with Gasteiger partial charge in [-0.2, -0.15) is 0 Å². The van der Waals surface area contributed by atoms with E-state index in [9.17, 15) is 23.2 Å². The minimum atomic E-state index is -0.892. The van der Waals surface area contributed by atoms with Crippen molar-refractivity contribution in [3.05, 3.63) is 59.7 Å². The van der Waals surface area contributed by atoms with E-state index in [0.717, 1.165) is 12.1 Å². The average Bonchev–Trinajstić information content (AvgIpc) is 3.45. The molecule has 2 aromatic rings. The average molecular weight is 374 g/mol. The lowest BCUT2D eigenvalue weighted by Gasteiger charge is -2.10. The first kappa shape index (κ1) is 18.5. The second kappa shape index (κ2) is 7.53. The van der Waals surface area contributed by atoms with Gasteiger partial charge in [0.25, 0.3) is 0 Å². The molecule has 2 atom stereocenters. The maximum Gasteiger partial charge on any atom is 0.339 e. The van der Waals surface area contributed by atoms with Crippen LogP contribution < -0.4 is 10.6 Å². The SMILES string of the molecule is COC(=O)c1ccccc1NC(=O)C1CC1C(=O)Nc1ccc(F)cc1F. The first-order valence-electron chi connectivity index (χ1n) is 8.15. The van der Waals surface area contributed by atoms with E-state index in [1.807, 2.05) is 0 Å². The third kappa shape index (κ3) is 4.11. The molecule has 2 unspecified atom stereocenters. The van der Waals surface area contributed by atoms with Gasteiger partial charge in [-0.15, -0.1) is 0 Å². The highest BCUT2D eigenvalue weighted by Gasteiger charge is 2.48. The molecule has 8 heteroatoms. The van der Waals surface area contributed by atoms with Crippen molar-refractivity contribution < 1.29 is 27.9 Å². The number of ether oxygens (including phenoxy) is 1. The molecule has 0 heterocycles. The second-order valence-electron chi connectivity index (χ2n) is 6.09. The Kier molecular flexibility index (Phi) is 5.16. The largest absolute Gasteiger partial charge is 0.465 e. The third-order valence-electron chi connectivity index (χ3n) is 4.24. The van der Waals surface area contributed by atoms with Gasteiger partial charge in [-0.3, -0.25) is 9.59 Å². The van der Waals surface area contributed by atoms with E-state index >= 15 is 0 Å². The highest BCUT2D eigenvalue weighted by Crippen LogP contribution is 2.40. The molecule has 0 spiro atoms. The van der Waals surface area contributed by atoms with E-state index in [4.69, 9.17) is 0 Å². The van der Waals surface area contributed by atoms with Crippen LogP contribution in [0.25, 0.3) is 0 Å². The third-order valence-corrected chi connectivity index (χ3v) is 4.24. The second-order valence-corrected chi connectivity index (χ2v) is 6.09. The molecule has 1 saturated carbocycles. The van der Waals surface area contributed by atoms with Gasteiger partial charge in [-0.1, -0.05) is 12.1 Å². The Bertz CT molecular complexity index is 916. The summed E-state index contributed by atoms with van der Waals surface area (Å²) < 4.78 is 31.2. The number of rotatable bonds is 5. The Morgan fingerprint density at radius 1 is 0.963 bits per heavy atom. The summed E-state index contributed by atoms with van der Waals surface area (Å²) in [7, 11) is 1.23. The zero-order valence-corrected chi connectivity index (χ0v) is 14.3. The van der Waals surface area contributed by atoms with Gasteiger partial charge in [0.15, 0.2) is 0 Å². The number of anilines is 2. The molecule has 1 fully saturated rings. The van der Waals surface area contributed by atoms with Crippen molar-refractivity contribution in [2.45, 2.75) is 6.42 Å². The summed E-state index contributed by atoms with van der Waals surface area (Å²) in [4.78, 5) is 36.3. The van der Waals surface area contributed by atoms with Gasteiger partial charge in [0, 0.05) is 6.07 Å². The lowest BCUT2D eigenvalue weighted by molar-refractivity contribution is -0.122. The molecular weight excluding hydrogens is 358 g/mol. The summed E-state index contributed by atoms with van der Waals surface area (Å²) in [6.07, 6.45) is 0.293. The number of methoxy groups -OCH3 is 1. The molecule has 2 aromatic carbocycles. The van der Waals surface area contributed by atoms with Gasteiger partial charge in [0.05, 0.1) is 35.9 Å². The fraction of sp³-hybridized carbons (Fsp3) is 0.211. The highest BCUT2D eigenvalue weighted by atomic mass is 19.1. The van der Waals surface area contributed by atoms with E-state index in [0.29, 0.717) is 12.5 Å². The Balaban J connectivity index is 1.62. The molecule has 2 N–H and O–H groups in total. The number of amides is 2. The number of hydrogen-bond acceptors (Lipinski definition) is 4. The van der Waals surface area contributed by atoms with Crippen molar-refractivity contribution in [3.8, 4) is 0 Å². The standard InChI is InChI=1S/C19H16F2N2O4/c1-27-19(26)11-4-2-3-5-15(11)22-17(24)12-9-13(12)18(25)23-16-7-6-10(20)8-14(16)21/h2-8,12-13H,9H2,1H3,(H,22,24)(H,23,25). The van der Waals surface area contributed by atoms with Gasteiger partial charge in [-0.05, 0) is 30.7 Å². The molecule has 3 rings (SSSR count). The van der Waals surface area contributed by atoms with Gasteiger partial charge in [-0.25, -0.2) is 13.6 Å². The molecule has 140 valence electrons. The van der Waals surface area contributed by atoms with Crippen LogP contribution in [-0.4, -0.2) is 24.9 Å². The number of carbonyl (C=O) groups is 3. The zero-order valence-electron chi connectivity index (χ0n) is 14.3. The predicted octanol–water partition coefficient (Wildman–Crippen LogP) is 2.96. The number of para-hydroxylation sites is 1. The molecule has 0 bridgehead atoms. The van der Waals surface area contributed by atoms with Crippen LogP contribution in [0.3, 0.4) is 0 Å². The number of hydrogen-bond donors (Lipinski definition) is 2. The maximum absolute atomic E-state index is 13.6. The van der Waals surface area contributed by atoms with Gasteiger partial charge < -0.3 is 15.4 Å². The van der Waals surface area contributed by atoms with Gasteiger partial charge in [0.1, 0.15) is 11.6 Å². The van der Waals surface area contributed by atoms with Gasteiger partial charge in [0.2, 0.25) is 11.8 Å². The summed E-state index contributed by atoms with van der Waals surface area (Å²) in [5, 5.41) is 4.96. The molecule has 6 nitrogen and oxygen atoms in total. The van der Waals surface area contributed by atoms with Crippen LogP contribution in [0.5, 0.6) is 0 Å². The van der Waals surface area contributed by atoms with Crippen LogP contribution in [0.15, 0.2) is 42.5 Å². The van der Waals surface area contributed by atoms with Crippen molar-refractivity contribution in [1.29, 1.82) is 0 Å². The molecule has 0 saturated heterocycles. The number of halogens is 2. The summed E-state index contributed by atoms with van der Waals surface area (Å²) >= 11 is 0. The van der Waals surface area contributed by atoms with Crippen molar-refractivity contribution in [2.75, 3.05) is 17.7 Å². The predicted molar refractivity (Wildman–Crippen MR) is 93.0 cm³/mol. The van der Waals surface area contributed by atoms with Crippen molar-refractivity contribution in [2.24, 2.45) is 11.8 Å². The molecule has 0 aliphatic heterocycles. The quantitative estimate of drug-likeness (QED) is 0.788. The Hall–Kier alpha value is -3.29. The van der Waals surface area contributed by atoms with Crippen LogP contribution in [0, 0.1) is 23.5 Å². The summed E-state index contributed by atoms with van der Waals surface area (Å²) in [5.74, 6) is -4.41. The summed E-state index contributed by atoms with van der Waals surface area (Å²) in [5.41, 5.74) is 0.330. The first-order chi connectivity index (χ1) is 12.9. The number of carbonyl (C=O) groups excluding carboxylic acids is 3. The molecule has 27 heavy (non-hydrogen) atoms. The summed E-state index contributed by atoms with van der Waals surface area (Å²) in [6.45, 7) is 0. The lowest BCUT2D eigenvalue weighted by atomic mass is 10.1.